The minimum atomic E-state index is -2.92. The normalized spacial score (nSPS) is 5.40. The Hall–Kier alpha value is 2.29. The van der Waals surface area contributed by atoms with Gasteiger partial charge in [-0.3, -0.25) is 7.32 Å². The second kappa shape index (κ2) is 17.4. The molecule has 48 valence electrons. The van der Waals surface area contributed by atoms with Crippen LogP contribution in [0.2, 0.25) is 0 Å². The van der Waals surface area contributed by atoms with Crippen molar-refractivity contribution < 1.29 is 81.5 Å². The Labute approximate surface area is 117 Å². The predicted octanol–water partition coefficient (Wildman–Crippen LogP) is -9.38. The second-order valence-corrected chi connectivity index (χ2v) is 0.635. The van der Waals surface area contributed by atoms with E-state index in [1.807, 2.05) is 0 Å². The van der Waals surface area contributed by atoms with Crippen LogP contribution in [-0.4, -0.2) is 52.8 Å². The summed E-state index contributed by atoms with van der Waals surface area (Å²) in [5.41, 5.74) is 0. The average molecular weight is 184 g/mol. The van der Waals surface area contributed by atoms with Gasteiger partial charge in [-0.05, 0) is 0 Å². The minimum absolute atomic E-state index is 0. The molecule has 0 bridgehead atoms. The van der Waals surface area contributed by atoms with E-state index in [-0.39, 0.29) is 74.4 Å². The van der Waals surface area contributed by atoms with E-state index in [9.17, 15) is 0 Å². The van der Waals surface area contributed by atoms with Gasteiger partial charge in [-0.1, -0.05) is 0 Å². The van der Waals surface area contributed by atoms with Crippen molar-refractivity contribution in [1.29, 1.82) is 0 Å². The van der Waals surface area contributed by atoms with E-state index in [1.54, 1.807) is 0 Å². The van der Waals surface area contributed by atoms with Crippen molar-refractivity contribution in [2.24, 2.45) is 0 Å². The summed E-state index contributed by atoms with van der Waals surface area (Å²) in [5.74, 6) is 0. The standard InChI is InChI=1S/BH3O3.BO3.K.Mg/c2*2-1(3)4;;/h2-4H;;;/q;-3;+1;+2. The molecule has 0 aromatic heterocycles. The molecule has 0 amide bonds. The number of rotatable bonds is 0. The van der Waals surface area contributed by atoms with E-state index in [1.165, 1.54) is 0 Å². The molecule has 0 fully saturated rings. The van der Waals surface area contributed by atoms with Crippen LogP contribution < -0.4 is 66.5 Å². The molecular formula is H3B2KMgO6. The van der Waals surface area contributed by atoms with Gasteiger partial charge in [0.15, 0.2) is 0 Å². The van der Waals surface area contributed by atoms with Crippen LogP contribution in [0, 0.1) is 0 Å². The summed E-state index contributed by atoms with van der Waals surface area (Å²) in [6.07, 6.45) is 0. The summed E-state index contributed by atoms with van der Waals surface area (Å²) < 4.78 is 0. The van der Waals surface area contributed by atoms with Crippen molar-refractivity contribution in [3.8, 4) is 0 Å². The van der Waals surface area contributed by atoms with E-state index in [4.69, 9.17) is 30.1 Å². The molecule has 0 radical (unpaired) electrons. The summed E-state index contributed by atoms with van der Waals surface area (Å²) in [5, 5.41) is 46.7. The number of hydrogen-bond acceptors (Lipinski definition) is 6. The third kappa shape index (κ3) is 169. The van der Waals surface area contributed by atoms with Crippen LogP contribution in [0.3, 0.4) is 0 Å². The summed E-state index contributed by atoms with van der Waals surface area (Å²) in [7, 11) is -5.08. The van der Waals surface area contributed by atoms with Gasteiger partial charge in [0.1, 0.15) is 0 Å². The van der Waals surface area contributed by atoms with Crippen LogP contribution in [0.25, 0.3) is 0 Å². The van der Waals surface area contributed by atoms with Gasteiger partial charge in [-0.15, -0.1) is 0 Å². The molecule has 0 aromatic carbocycles. The SMILES string of the molecule is OB(O)O.[K+].[Mg+2].[O-]B([O-])[O-]. The van der Waals surface area contributed by atoms with Crippen LogP contribution in [0.1, 0.15) is 0 Å². The third-order valence-electron chi connectivity index (χ3n) is 0. The van der Waals surface area contributed by atoms with Crippen molar-refractivity contribution in [3.63, 3.8) is 0 Å². The summed E-state index contributed by atoms with van der Waals surface area (Å²) in [6, 6.07) is 0. The predicted molar refractivity (Wildman–Crippen MR) is 23.9 cm³/mol. The molecule has 0 unspecified atom stereocenters. The van der Waals surface area contributed by atoms with Crippen molar-refractivity contribution in [1.82, 2.24) is 0 Å². The smallest absolute Gasteiger partial charge is 0.907 e. The molecule has 0 aliphatic heterocycles. The monoisotopic (exact) mass is 184 g/mol. The van der Waals surface area contributed by atoms with E-state index in [0.29, 0.717) is 0 Å². The summed E-state index contributed by atoms with van der Waals surface area (Å²) in [4.78, 5) is 0. The molecule has 0 saturated heterocycles. The molecule has 0 rings (SSSR count). The first-order valence-corrected chi connectivity index (χ1v) is 1.48. The van der Waals surface area contributed by atoms with Crippen molar-refractivity contribution in [3.05, 3.63) is 0 Å². The zero-order chi connectivity index (χ0) is 7.15. The summed E-state index contributed by atoms with van der Waals surface area (Å²) in [6.45, 7) is 0. The molecule has 0 aliphatic carbocycles. The van der Waals surface area contributed by atoms with Gasteiger partial charge in [-0.2, -0.15) is 0 Å². The molecule has 0 heterocycles. The Morgan fingerprint density at radius 2 is 0.900 bits per heavy atom. The molecule has 3 N–H and O–H groups in total. The molecule has 0 atom stereocenters. The topological polar surface area (TPSA) is 130 Å². The van der Waals surface area contributed by atoms with Crippen LogP contribution >= 0.6 is 0 Å². The van der Waals surface area contributed by atoms with Crippen LogP contribution in [0.15, 0.2) is 0 Å². The summed E-state index contributed by atoms with van der Waals surface area (Å²) >= 11 is 0. The van der Waals surface area contributed by atoms with E-state index in [0.717, 1.165) is 0 Å². The van der Waals surface area contributed by atoms with E-state index in [2.05, 4.69) is 0 Å². The van der Waals surface area contributed by atoms with Crippen LogP contribution in [0.5, 0.6) is 0 Å². The molecule has 6 nitrogen and oxygen atoms in total. The largest absolute Gasteiger partial charge is 2.00 e. The fourth-order valence-electron chi connectivity index (χ4n) is 0. The van der Waals surface area contributed by atoms with E-state index >= 15 is 0 Å². The van der Waals surface area contributed by atoms with Gasteiger partial charge in [0.25, 0.3) is 0 Å². The average Bonchev–Trinajstić information content (AvgIpc) is 1.25. The maximum Gasteiger partial charge on any atom is 2.00 e. The zero-order valence-corrected chi connectivity index (χ0v) is 9.97. The Balaban J connectivity index is -0.0000000300. The van der Waals surface area contributed by atoms with Gasteiger partial charge in [-0.25, -0.2) is 0 Å². The Kier molecular flexibility index (Phi) is 39.7. The van der Waals surface area contributed by atoms with E-state index < -0.39 is 14.6 Å². The fourth-order valence-corrected chi connectivity index (χ4v) is 0. The maximum absolute atomic E-state index is 8.42. The number of hydrogen-bond donors (Lipinski definition) is 3. The molecule has 0 saturated carbocycles. The Bertz CT molecular complexity index is 31.2. The van der Waals surface area contributed by atoms with Crippen LogP contribution in [-0.2, 0) is 0 Å². The van der Waals surface area contributed by atoms with Gasteiger partial charge in [0.05, 0.1) is 0 Å². The van der Waals surface area contributed by atoms with Crippen molar-refractivity contribution >= 4 is 37.7 Å². The fraction of sp³-hybridized carbons (Fsp3) is 0. The molecule has 0 spiro atoms. The van der Waals surface area contributed by atoms with Crippen LogP contribution in [0.4, 0.5) is 0 Å². The molecule has 0 aromatic rings. The van der Waals surface area contributed by atoms with Gasteiger partial charge < -0.3 is 30.1 Å². The first-order chi connectivity index (χ1) is 3.46. The van der Waals surface area contributed by atoms with Gasteiger partial charge in [0.2, 0.25) is 0 Å². The first-order valence-electron chi connectivity index (χ1n) is 1.48. The quantitative estimate of drug-likeness (QED) is 0.320. The maximum atomic E-state index is 8.42. The van der Waals surface area contributed by atoms with Gasteiger partial charge in [0, 0.05) is 0 Å². The second-order valence-electron chi connectivity index (χ2n) is 0.635. The molecule has 10 heavy (non-hydrogen) atoms. The van der Waals surface area contributed by atoms with Gasteiger partial charge >= 0.3 is 81.8 Å². The first kappa shape index (κ1) is 22.8. The third-order valence-corrected chi connectivity index (χ3v) is 0. The Morgan fingerprint density at radius 3 is 0.900 bits per heavy atom. The molecular weight excluding hydrogens is 181 g/mol. The Morgan fingerprint density at radius 1 is 0.900 bits per heavy atom. The zero-order valence-electron chi connectivity index (χ0n) is 5.43. The molecule has 10 heteroatoms. The van der Waals surface area contributed by atoms with Crippen molar-refractivity contribution in [2.75, 3.05) is 0 Å². The molecule has 0 aliphatic rings. The van der Waals surface area contributed by atoms with Crippen molar-refractivity contribution in [2.45, 2.75) is 0 Å². The minimum Gasteiger partial charge on any atom is -0.907 e.